The molecule has 2 N–H and O–H groups in total. The van der Waals surface area contributed by atoms with Gasteiger partial charge < -0.3 is 10.4 Å². The highest BCUT2D eigenvalue weighted by atomic mass is 16.4. The monoisotopic (exact) mass is 255 g/mol. The summed E-state index contributed by atoms with van der Waals surface area (Å²) in [7, 11) is 0. The molecule has 104 valence electrons. The van der Waals surface area contributed by atoms with Gasteiger partial charge in [-0.2, -0.15) is 0 Å². The molecule has 4 atom stereocenters. The van der Waals surface area contributed by atoms with E-state index in [9.17, 15) is 9.59 Å². The molecule has 18 heavy (non-hydrogen) atoms. The molecule has 0 aromatic carbocycles. The highest BCUT2D eigenvalue weighted by Crippen LogP contribution is 2.36. The maximum atomic E-state index is 12.1. The largest absolute Gasteiger partial charge is 0.481 e. The Morgan fingerprint density at radius 2 is 1.78 bits per heavy atom. The number of aliphatic carboxylic acids is 1. The molecule has 0 radical (unpaired) electrons. The summed E-state index contributed by atoms with van der Waals surface area (Å²) in [5, 5.41) is 12.0. The highest BCUT2D eigenvalue weighted by Gasteiger charge is 2.41. The number of nitrogens with one attached hydrogen (secondary N) is 1. The van der Waals surface area contributed by atoms with E-state index in [1.807, 2.05) is 6.92 Å². The fraction of sp³-hybridized carbons (Fsp3) is 0.857. The predicted octanol–water partition coefficient (Wildman–Crippen LogP) is 2.14. The van der Waals surface area contributed by atoms with E-state index in [0.717, 1.165) is 0 Å². The van der Waals surface area contributed by atoms with Crippen molar-refractivity contribution in [3.63, 3.8) is 0 Å². The van der Waals surface area contributed by atoms with E-state index in [0.29, 0.717) is 37.1 Å². The maximum Gasteiger partial charge on any atom is 0.307 e. The first kappa shape index (κ1) is 15.0. The second kappa shape index (κ2) is 6.21. The first-order valence-electron chi connectivity index (χ1n) is 6.83. The second-order valence-corrected chi connectivity index (χ2v) is 6.09. The van der Waals surface area contributed by atoms with Crippen molar-refractivity contribution < 1.29 is 14.7 Å². The number of hydrogen-bond acceptors (Lipinski definition) is 2. The molecule has 1 aliphatic carbocycles. The van der Waals surface area contributed by atoms with Crippen LogP contribution in [0.15, 0.2) is 0 Å². The molecular weight excluding hydrogens is 230 g/mol. The van der Waals surface area contributed by atoms with Gasteiger partial charge in [0, 0.05) is 6.54 Å². The van der Waals surface area contributed by atoms with Gasteiger partial charge in [0.1, 0.15) is 0 Å². The van der Waals surface area contributed by atoms with Crippen LogP contribution in [-0.4, -0.2) is 23.5 Å². The minimum absolute atomic E-state index is 0.0840. The molecule has 1 rings (SSSR count). The van der Waals surface area contributed by atoms with Gasteiger partial charge in [-0.05, 0) is 30.6 Å². The minimum Gasteiger partial charge on any atom is -0.481 e. The third-order valence-corrected chi connectivity index (χ3v) is 4.19. The van der Waals surface area contributed by atoms with E-state index in [1.54, 1.807) is 0 Å². The molecular formula is C14H25NO3. The molecule has 0 aromatic heterocycles. The topological polar surface area (TPSA) is 66.4 Å². The standard InChI is InChI=1S/C14H25NO3/c1-8(2)10(4)7-15-13(16)11-5-9(3)6-12(11)14(17)18/h8-12H,5-7H2,1-4H3,(H,15,16)(H,17,18)/t9?,10?,11-,12+/m0/s1. The summed E-state index contributed by atoms with van der Waals surface area (Å²) in [6.07, 6.45) is 1.31. The maximum absolute atomic E-state index is 12.1. The molecule has 4 heteroatoms. The summed E-state index contributed by atoms with van der Waals surface area (Å²) >= 11 is 0. The van der Waals surface area contributed by atoms with Gasteiger partial charge in [-0.15, -0.1) is 0 Å². The third kappa shape index (κ3) is 3.72. The lowest BCUT2D eigenvalue weighted by Crippen LogP contribution is -2.38. The van der Waals surface area contributed by atoms with Crippen LogP contribution in [0.3, 0.4) is 0 Å². The molecule has 0 bridgehead atoms. The summed E-state index contributed by atoms with van der Waals surface area (Å²) in [5.41, 5.74) is 0. The lowest BCUT2D eigenvalue weighted by atomic mass is 9.94. The van der Waals surface area contributed by atoms with Crippen LogP contribution < -0.4 is 5.32 Å². The van der Waals surface area contributed by atoms with Crippen molar-refractivity contribution in [2.45, 2.75) is 40.5 Å². The Labute approximate surface area is 109 Å². The van der Waals surface area contributed by atoms with E-state index in [2.05, 4.69) is 26.1 Å². The fourth-order valence-electron chi connectivity index (χ4n) is 2.48. The molecule has 0 heterocycles. The molecule has 1 fully saturated rings. The number of hydrogen-bond donors (Lipinski definition) is 2. The summed E-state index contributed by atoms with van der Waals surface area (Å²) < 4.78 is 0. The first-order valence-corrected chi connectivity index (χ1v) is 6.83. The van der Waals surface area contributed by atoms with Crippen molar-refractivity contribution in [3.8, 4) is 0 Å². The third-order valence-electron chi connectivity index (χ3n) is 4.19. The summed E-state index contributed by atoms with van der Waals surface area (Å²) in [6, 6.07) is 0. The molecule has 0 saturated heterocycles. The van der Waals surface area contributed by atoms with E-state index in [-0.39, 0.29) is 11.8 Å². The Balaban J connectivity index is 2.52. The van der Waals surface area contributed by atoms with Gasteiger partial charge in [-0.1, -0.05) is 27.7 Å². The molecule has 1 amide bonds. The SMILES string of the molecule is CC1C[C@H](C(=O)NCC(C)C(C)C)[C@H](C(=O)O)C1. The van der Waals surface area contributed by atoms with Crippen molar-refractivity contribution in [1.29, 1.82) is 0 Å². The molecule has 0 aliphatic heterocycles. The minimum atomic E-state index is -0.837. The van der Waals surface area contributed by atoms with Crippen molar-refractivity contribution >= 4 is 11.9 Å². The van der Waals surface area contributed by atoms with Gasteiger partial charge in [0.25, 0.3) is 0 Å². The van der Waals surface area contributed by atoms with Gasteiger partial charge in [0.05, 0.1) is 11.8 Å². The average molecular weight is 255 g/mol. The number of carbonyl (C=O) groups is 2. The fourth-order valence-corrected chi connectivity index (χ4v) is 2.48. The van der Waals surface area contributed by atoms with Crippen LogP contribution in [0.4, 0.5) is 0 Å². The first-order chi connectivity index (χ1) is 8.32. The Hall–Kier alpha value is -1.06. The predicted molar refractivity (Wildman–Crippen MR) is 70.0 cm³/mol. The van der Waals surface area contributed by atoms with Crippen LogP contribution in [0.25, 0.3) is 0 Å². The normalized spacial score (nSPS) is 29.3. The van der Waals surface area contributed by atoms with Gasteiger partial charge in [-0.25, -0.2) is 0 Å². The second-order valence-electron chi connectivity index (χ2n) is 6.09. The average Bonchev–Trinajstić information content (AvgIpc) is 2.67. The highest BCUT2D eigenvalue weighted by molar-refractivity contribution is 5.85. The number of carbonyl (C=O) groups excluding carboxylic acids is 1. The Bertz CT molecular complexity index is 314. The van der Waals surface area contributed by atoms with Gasteiger partial charge in [0.15, 0.2) is 0 Å². The van der Waals surface area contributed by atoms with Crippen LogP contribution in [0.1, 0.15) is 40.5 Å². The summed E-state index contributed by atoms with van der Waals surface area (Å²) in [6.45, 7) is 8.98. The lowest BCUT2D eigenvalue weighted by molar-refractivity contribution is -0.146. The summed E-state index contributed by atoms with van der Waals surface area (Å²) in [5.74, 6) is -0.523. The Morgan fingerprint density at radius 3 is 2.28 bits per heavy atom. The quantitative estimate of drug-likeness (QED) is 0.791. The van der Waals surface area contributed by atoms with Crippen LogP contribution >= 0.6 is 0 Å². The van der Waals surface area contributed by atoms with Crippen LogP contribution in [-0.2, 0) is 9.59 Å². The molecule has 0 spiro atoms. The van der Waals surface area contributed by atoms with Gasteiger partial charge >= 0.3 is 5.97 Å². The van der Waals surface area contributed by atoms with Gasteiger partial charge in [0.2, 0.25) is 5.91 Å². The number of carboxylic acids is 1. The molecule has 2 unspecified atom stereocenters. The van der Waals surface area contributed by atoms with E-state index >= 15 is 0 Å². The summed E-state index contributed by atoms with van der Waals surface area (Å²) in [4.78, 5) is 23.2. The van der Waals surface area contributed by atoms with E-state index in [4.69, 9.17) is 5.11 Å². The zero-order valence-corrected chi connectivity index (χ0v) is 11.8. The van der Waals surface area contributed by atoms with E-state index < -0.39 is 11.9 Å². The number of carboxylic acid groups (broad SMARTS) is 1. The van der Waals surface area contributed by atoms with Crippen molar-refractivity contribution in [2.75, 3.05) is 6.54 Å². The lowest BCUT2D eigenvalue weighted by Gasteiger charge is -2.19. The Kier molecular flexibility index (Phi) is 5.17. The van der Waals surface area contributed by atoms with Crippen molar-refractivity contribution in [1.82, 2.24) is 5.32 Å². The zero-order chi connectivity index (χ0) is 13.9. The van der Waals surface area contributed by atoms with Crippen LogP contribution in [0.2, 0.25) is 0 Å². The molecule has 1 saturated carbocycles. The molecule has 1 aliphatic rings. The van der Waals surface area contributed by atoms with Crippen LogP contribution in [0, 0.1) is 29.6 Å². The molecule has 4 nitrogen and oxygen atoms in total. The van der Waals surface area contributed by atoms with Gasteiger partial charge in [-0.3, -0.25) is 9.59 Å². The zero-order valence-electron chi connectivity index (χ0n) is 11.8. The number of amides is 1. The van der Waals surface area contributed by atoms with Crippen LogP contribution in [0.5, 0.6) is 0 Å². The van der Waals surface area contributed by atoms with Crippen molar-refractivity contribution in [3.05, 3.63) is 0 Å². The Morgan fingerprint density at radius 1 is 1.22 bits per heavy atom. The van der Waals surface area contributed by atoms with E-state index in [1.165, 1.54) is 0 Å². The smallest absolute Gasteiger partial charge is 0.307 e. The molecule has 0 aromatic rings. The van der Waals surface area contributed by atoms with Crippen molar-refractivity contribution in [2.24, 2.45) is 29.6 Å². The number of rotatable bonds is 5.